The van der Waals surface area contributed by atoms with Crippen LogP contribution in [-0.2, 0) is 10.9 Å². The predicted molar refractivity (Wildman–Crippen MR) is 143 cm³/mol. The van der Waals surface area contributed by atoms with Gasteiger partial charge in [0, 0.05) is 47.8 Å². The fourth-order valence-electron chi connectivity index (χ4n) is 4.52. The van der Waals surface area contributed by atoms with Gasteiger partial charge >= 0.3 is 12.3 Å². The van der Waals surface area contributed by atoms with E-state index in [1.807, 2.05) is 6.07 Å². The van der Waals surface area contributed by atoms with Gasteiger partial charge in [0.15, 0.2) is 5.69 Å². The molecule has 1 aromatic carbocycles. The highest BCUT2D eigenvalue weighted by molar-refractivity contribution is 6.16. The number of benzene rings is 1. The number of nitrogens with zero attached hydrogens (tertiary/aromatic N) is 6. The van der Waals surface area contributed by atoms with Crippen molar-refractivity contribution < 1.29 is 27.1 Å². The quantitative estimate of drug-likeness (QED) is 0.241. The number of hydrogen-bond donors (Lipinski definition) is 1. The topological polar surface area (TPSA) is 113 Å². The number of carbonyl (C=O) groups is 1. The normalized spacial score (nSPS) is 12.1. The van der Waals surface area contributed by atoms with Crippen LogP contribution < -0.4 is 4.90 Å². The van der Waals surface area contributed by atoms with Crippen LogP contribution in [0.2, 0.25) is 0 Å². The Labute approximate surface area is 231 Å². The maximum absolute atomic E-state index is 15.2. The van der Waals surface area contributed by atoms with Gasteiger partial charge < -0.3 is 9.72 Å². The van der Waals surface area contributed by atoms with Gasteiger partial charge in [-0.3, -0.25) is 9.88 Å². The number of ether oxygens (including phenoxy) is 1. The Morgan fingerprint density at radius 3 is 2.56 bits per heavy atom. The minimum absolute atomic E-state index is 0.134. The maximum Gasteiger partial charge on any atom is 0.435 e. The molecule has 9 nitrogen and oxygen atoms in total. The van der Waals surface area contributed by atoms with E-state index in [4.69, 9.17) is 4.74 Å². The van der Waals surface area contributed by atoms with Crippen molar-refractivity contribution in [2.75, 3.05) is 11.4 Å². The molecule has 4 heterocycles. The van der Waals surface area contributed by atoms with E-state index in [1.165, 1.54) is 41.7 Å². The van der Waals surface area contributed by atoms with Crippen LogP contribution in [0.1, 0.15) is 39.0 Å². The van der Waals surface area contributed by atoms with E-state index in [-0.39, 0.29) is 39.9 Å². The molecule has 0 aliphatic rings. The zero-order valence-corrected chi connectivity index (χ0v) is 22.3. The van der Waals surface area contributed by atoms with E-state index < -0.39 is 29.4 Å². The van der Waals surface area contributed by atoms with Gasteiger partial charge in [-0.05, 0) is 52.0 Å². The molecule has 0 spiro atoms. The lowest BCUT2D eigenvalue weighted by molar-refractivity contribution is -0.141. The minimum Gasteiger partial charge on any atom is -0.443 e. The molecule has 13 heteroatoms. The van der Waals surface area contributed by atoms with Crippen molar-refractivity contribution in [3.05, 3.63) is 66.1 Å². The Kier molecular flexibility index (Phi) is 6.65. The highest BCUT2D eigenvalue weighted by Crippen LogP contribution is 2.40. The number of rotatable bonds is 4. The summed E-state index contributed by atoms with van der Waals surface area (Å²) in [5.74, 6) is -0.698. The first-order chi connectivity index (χ1) is 19.3. The molecule has 0 fully saturated rings. The molecule has 1 amide bonds. The summed E-state index contributed by atoms with van der Waals surface area (Å²) in [5, 5.41) is 13.6. The molecule has 0 aliphatic carbocycles. The standard InChI is InChI=1S/C28H23F4N7O2/c1-5-38(26(40)41-27(2,3)4)20-10-17(29)9-18-22-24(39-7-6-21(37-39)28(30,31)32)19(14-35-25(22)36-23(18)20)16-8-15(11-33)12-34-13-16/h6-10,12-14H,5H2,1-4H3,(H,35,36). The average Bonchev–Trinajstić information content (AvgIpc) is 3.53. The molecule has 0 radical (unpaired) electrons. The summed E-state index contributed by atoms with van der Waals surface area (Å²) >= 11 is 0. The monoisotopic (exact) mass is 565 g/mol. The second-order valence-electron chi connectivity index (χ2n) is 10.2. The van der Waals surface area contributed by atoms with Crippen LogP contribution in [0.15, 0.2) is 49.1 Å². The van der Waals surface area contributed by atoms with Crippen molar-refractivity contribution in [1.82, 2.24) is 24.7 Å². The number of anilines is 1. The van der Waals surface area contributed by atoms with Gasteiger partial charge in [0.2, 0.25) is 0 Å². The van der Waals surface area contributed by atoms with Gasteiger partial charge in [-0.2, -0.15) is 23.5 Å². The Bertz CT molecular complexity index is 1840. The van der Waals surface area contributed by atoms with Crippen molar-refractivity contribution in [3.8, 4) is 22.9 Å². The number of fused-ring (bicyclic) bond motifs is 3. The minimum atomic E-state index is -4.71. The Balaban J connectivity index is 1.85. The number of amides is 1. The number of H-pyrrole nitrogens is 1. The lowest BCUT2D eigenvalue weighted by atomic mass is 10.0. The summed E-state index contributed by atoms with van der Waals surface area (Å²) < 4.78 is 62.3. The van der Waals surface area contributed by atoms with E-state index in [2.05, 4.69) is 20.1 Å². The van der Waals surface area contributed by atoms with E-state index in [9.17, 15) is 23.2 Å². The lowest BCUT2D eigenvalue weighted by Gasteiger charge is -2.27. The average molecular weight is 566 g/mol. The maximum atomic E-state index is 15.2. The second-order valence-corrected chi connectivity index (χ2v) is 10.2. The smallest absolute Gasteiger partial charge is 0.435 e. The van der Waals surface area contributed by atoms with Gasteiger partial charge in [-0.25, -0.2) is 18.9 Å². The van der Waals surface area contributed by atoms with Gasteiger partial charge in [0.05, 0.1) is 27.8 Å². The number of halogens is 4. The molecular formula is C28H23F4N7O2. The number of nitriles is 1. The van der Waals surface area contributed by atoms with Crippen LogP contribution in [0.5, 0.6) is 0 Å². The Morgan fingerprint density at radius 1 is 1.17 bits per heavy atom. The lowest BCUT2D eigenvalue weighted by Crippen LogP contribution is -2.37. The molecule has 4 aromatic heterocycles. The highest BCUT2D eigenvalue weighted by Gasteiger charge is 2.34. The number of alkyl halides is 3. The predicted octanol–water partition coefficient (Wildman–Crippen LogP) is 6.75. The molecule has 210 valence electrons. The summed E-state index contributed by atoms with van der Waals surface area (Å²) in [4.78, 5) is 25.9. The molecule has 0 bridgehead atoms. The molecule has 1 N–H and O–H groups in total. The van der Waals surface area contributed by atoms with E-state index in [1.54, 1.807) is 27.7 Å². The summed E-state index contributed by atoms with van der Waals surface area (Å²) in [6.07, 6.45) is -0.102. The first kappa shape index (κ1) is 27.6. The molecule has 5 aromatic rings. The van der Waals surface area contributed by atoms with Crippen molar-refractivity contribution in [1.29, 1.82) is 5.26 Å². The number of hydrogen-bond acceptors (Lipinski definition) is 6. The SMILES string of the molecule is CCN(C(=O)OC(C)(C)C)c1cc(F)cc2c1[nH]c1ncc(-c3cncc(C#N)c3)c(-n3ccc(C(F)(F)F)n3)c12. The van der Waals surface area contributed by atoms with Crippen molar-refractivity contribution in [3.63, 3.8) is 0 Å². The third kappa shape index (κ3) is 5.16. The molecule has 0 atom stereocenters. The van der Waals surface area contributed by atoms with Crippen molar-refractivity contribution >= 4 is 33.7 Å². The highest BCUT2D eigenvalue weighted by atomic mass is 19.4. The molecule has 5 rings (SSSR count). The van der Waals surface area contributed by atoms with Gasteiger partial charge in [0.25, 0.3) is 0 Å². The first-order valence-corrected chi connectivity index (χ1v) is 12.4. The van der Waals surface area contributed by atoms with Crippen LogP contribution >= 0.6 is 0 Å². The largest absolute Gasteiger partial charge is 0.443 e. The van der Waals surface area contributed by atoms with Crippen LogP contribution in [0.25, 0.3) is 38.8 Å². The number of aromatic nitrogens is 5. The fraction of sp³-hybridized carbons (Fsp3) is 0.250. The van der Waals surface area contributed by atoms with Crippen molar-refractivity contribution in [2.45, 2.75) is 39.5 Å². The van der Waals surface area contributed by atoms with Gasteiger partial charge in [-0.1, -0.05) is 0 Å². The van der Waals surface area contributed by atoms with Crippen LogP contribution in [0, 0.1) is 17.1 Å². The number of carbonyl (C=O) groups excluding carboxylic acids is 1. The van der Waals surface area contributed by atoms with Gasteiger partial charge in [-0.15, -0.1) is 0 Å². The second kappa shape index (κ2) is 9.88. The third-order valence-electron chi connectivity index (χ3n) is 6.15. The molecular weight excluding hydrogens is 542 g/mol. The fourth-order valence-corrected chi connectivity index (χ4v) is 4.52. The number of pyridine rings is 2. The summed E-state index contributed by atoms with van der Waals surface area (Å²) in [6, 6.07) is 6.69. The Morgan fingerprint density at radius 2 is 1.93 bits per heavy atom. The van der Waals surface area contributed by atoms with Crippen LogP contribution in [-0.4, -0.2) is 43.0 Å². The third-order valence-corrected chi connectivity index (χ3v) is 6.15. The zero-order chi connectivity index (χ0) is 29.7. The van der Waals surface area contributed by atoms with Crippen molar-refractivity contribution in [2.24, 2.45) is 0 Å². The van der Waals surface area contributed by atoms with Crippen LogP contribution in [0.4, 0.5) is 28.0 Å². The molecule has 0 saturated carbocycles. The molecule has 0 unspecified atom stereocenters. The van der Waals surface area contributed by atoms with E-state index in [0.29, 0.717) is 16.6 Å². The summed E-state index contributed by atoms with van der Waals surface area (Å²) in [7, 11) is 0. The Hall–Kier alpha value is -4.99. The van der Waals surface area contributed by atoms with Crippen LogP contribution in [0.3, 0.4) is 0 Å². The number of aromatic amines is 1. The van der Waals surface area contributed by atoms with E-state index in [0.717, 1.165) is 16.9 Å². The molecule has 0 aliphatic heterocycles. The number of nitrogens with one attached hydrogen (secondary N) is 1. The van der Waals surface area contributed by atoms with Gasteiger partial charge in [0.1, 0.15) is 23.1 Å². The van der Waals surface area contributed by atoms with E-state index >= 15 is 4.39 Å². The summed E-state index contributed by atoms with van der Waals surface area (Å²) in [6.45, 7) is 6.94. The molecule has 41 heavy (non-hydrogen) atoms. The first-order valence-electron chi connectivity index (χ1n) is 12.4. The summed E-state index contributed by atoms with van der Waals surface area (Å²) in [5.41, 5.74) is -0.232. The zero-order valence-electron chi connectivity index (χ0n) is 22.3. The molecule has 0 saturated heterocycles.